The quantitative estimate of drug-likeness (QED) is 0.557. The van der Waals surface area contributed by atoms with Crippen molar-refractivity contribution in [3.05, 3.63) is 77.7 Å². The molecule has 0 bridgehead atoms. The van der Waals surface area contributed by atoms with Crippen LogP contribution in [-0.2, 0) is 4.79 Å². The Labute approximate surface area is 180 Å². The van der Waals surface area contributed by atoms with Crippen LogP contribution in [0.15, 0.2) is 60.7 Å². The van der Waals surface area contributed by atoms with Gasteiger partial charge in [-0.2, -0.15) is 4.98 Å². The fourth-order valence-electron chi connectivity index (χ4n) is 3.44. The first-order chi connectivity index (χ1) is 15.1. The largest absolute Gasteiger partial charge is 0.356 e. The predicted molar refractivity (Wildman–Crippen MR) is 122 cm³/mol. The molecule has 1 aliphatic rings. The second-order valence-corrected chi connectivity index (χ2v) is 7.43. The lowest BCUT2D eigenvalue weighted by atomic mass is 10.2. The summed E-state index contributed by atoms with van der Waals surface area (Å²) in [5, 5.41) is 5.99. The normalized spacial score (nSPS) is 13.5. The van der Waals surface area contributed by atoms with E-state index in [-0.39, 0.29) is 11.7 Å². The zero-order valence-electron chi connectivity index (χ0n) is 17.3. The minimum atomic E-state index is -0.367. The van der Waals surface area contributed by atoms with Crippen molar-refractivity contribution >= 4 is 35.1 Å². The van der Waals surface area contributed by atoms with Crippen molar-refractivity contribution in [2.24, 2.45) is 0 Å². The highest BCUT2D eigenvalue weighted by Crippen LogP contribution is 2.22. The Balaban J connectivity index is 1.38. The van der Waals surface area contributed by atoms with E-state index in [2.05, 4.69) is 25.5 Å². The van der Waals surface area contributed by atoms with Gasteiger partial charge in [0.05, 0.1) is 0 Å². The number of hydrogen-bond acceptors (Lipinski definition) is 5. The highest BCUT2D eigenvalue weighted by molar-refractivity contribution is 6.02. The van der Waals surface area contributed by atoms with Crippen LogP contribution in [0.3, 0.4) is 0 Å². The Hall–Kier alpha value is -3.74. The number of rotatable bonds is 6. The van der Waals surface area contributed by atoms with Crippen LogP contribution in [0.5, 0.6) is 0 Å². The molecule has 4 rings (SSSR count). The average molecular weight is 417 g/mol. The molecule has 1 fully saturated rings. The molecule has 2 aromatic carbocycles. The number of aromatic nitrogens is 2. The predicted octanol–water partition coefficient (Wildman–Crippen LogP) is 4.92. The van der Waals surface area contributed by atoms with Crippen LogP contribution < -0.4 is 15.5 Å². The lowest BCUT2D eigenvalue weighted by molar-refractivity contribution is -0.111. The van der Waals surface area contributed by atoms with Crippen LogP contribution in [0.4, 0.5) is 27.5 Å². The molecule has 6 nitrogen and oxygen atoms in total. The lowest BCUT2D eigenvalue weighted by Crippen LogP contribution is -2.19. The number of anilines is 4. The smallest absolute Gasteiger partial charge is 0.248 e. The standard InChI is InChI=1S/C24H24FN5O/c1-17-16-22(30-14-4-5-15-30)29-24(26-17)28-20-11-9-19(10-12-20)27-23(31)13-8-18-6-2-3-7-21(18)25/h2-3,6-13,16H,4-5,14-15H2,1H3,(H,27,31)(H,26,28,29)/b13-8+. The summed E-state index contributed by atoms with van der Waals surface area (Å²) in [5.41, 5.74) is 2.73. The van der Waals surface area contributed by atoms with Crippen LogP contribution in [0.25, 0.3) is 6.08 Å². The van der Waals surface area contributed by atoms with Crippen molar-refractivity contribution in [1.82, 2.24) is 9.97 Å². The summed E-state index contributed by atoms with van der Waals surface area (Å²) >= 11 is 0. The van der Waals surface area contributed by atoms with E-state index >= 15 is 0 Å². The van der Waals surface area contributed by atoms with E-state index in [9.17, 15) is 9.18 Å². The van der Waals surface area contributed by atoms with E-state index in [1.54, 1.807) is 30.3 Å². The second kappa shape index (κ2) is 9.38. The molecule has 2 heterocycles. The fraction of sp³-hybridized carbons (Fsp3) is 0.208. The molecular formula is C24H24FN5O. The highest BCUT2D eigenvalue weighted by Gasteiger charge is 2.15. The third-order valence-corrected chi connectivity index (χ3v) is 5.00. The summed E-state index contributed by atoms with van der Waals surface area (Å²) in [7, 11) is 0. The fourth-order valence-corrected chi connectivity index (χ4v) is 3.44. The zero-order chi connectivity index (χ0) is 21.6. The van der Waals surface area contributed by atoms with Gasteiger partial charge in [-0.1, -0.05) is 18.2 Å². The number of halogens is 1. The number of nitrogens with zero attached hydrogens (tertiary/aromatic N) is 3. The van der Waals surface area contributed by atoms with E-state index in [1.807, 2.05) is 25.1 Å². The third kappa shape index (κ3) is 5.45. The Kier molecular flexibility index (Phi) is 6.21. The van der Waals surface area contributed by atoms with Gasteiger partial charge in [0.15, 0.2) is 0 Å². The van der Waals surface area contributed by atoms with Gasteiger partial charge in [-0.3, -0.25) is 4.79 Å². The topological polar surface area (TPSA) is 70.2 Å². The van der Waals surface area contributed by atoms with Crippen molar-refractivity contribution < 1.29 is 9.18 Å². The molecule has 0 radical (unpaired) electrons. The molecule has 3 aromatic rings. The van der Waals surface area contributed by atoms with E-state index < -0.39 is 0 Å². The molecular weight excluding hydrogens is 393 g/mol. The molecule has 7 heteroatoms. The van der Waals surface area contributed by atoms with Gasteiger partial charge in [-0.05, 0) is 56.2 Å². The number of aryl methyl sites for hydroxylation is 1. The molecule has 1 amide bonds. The highest BCUT2D eigenvalue weighted by atomic mass is 19.1. The van der Waals surface area contributed by atoms with E-state index in [0.717, 1.165) is 30.3 Å². The second-order valence-electron chi connectivity index (χ2n) is 7.43. The van der Waals surface area contributed by atoms with Crippen molar-refractivity contribution in [3.8, 4) is 0 Å². The Morgan fingerprint density at radius 2 is 1.74 bits per heavy atom. The monoisotopic (exact) mass is 417 g/mol. The summed E-state index contributed by atoms with van der Waals surface area (Å²) in [6, 6.07) is 15.6. The van der Waals surface area contributed by atoms with Crippen molar-refractivity contribution in [1.29, 1.82) is 0 Å². The van der Waals surface area contributed by atoms with Crippen LogP contribution in [0, 0.1) is 12.7 Å². The molecule has 1 aliphatic heterocycles. The summed E-state index contributed by atoms with van der Waals surface area (Å²) < 4.78 is 13.6. The minimum Gasteiger partial charge on any atom is -0.356 e. The summed E-state index contributed by atoms with van der Waals surface area (Å²) in [5.74, 6) is 0.791. The van der Waals surface area contributed by atoms with Gasteiger partial charge in [-0.15, -0.1) is 0 Å². The Morgan fingerprint density at radius 3 is 2.48 bits per heavy atom. The number of hydrogen-bond donors (Lipinski definition) is 2. The van der Waals surface area contributed by atoms with Gasteiger partial charge in [0, 0.05) is 47.9 Å². The van der Waals surface area contributed by atoms with Gasteiger partial charge in [0.2, 0.25) is 11.9 Å². The number of carbonyl (C=O) groups is 1. The molecule has 0 saturated carbocycles. The first-order valence-corrected chi connectivity index (χ1v) is 10.3. The first-order valence-electron chi connectivity index (χ1n) is 10.3. The van der Waals surface area contributed by atoms with Crippen LogP contribution in [0.1, 0.15) is 24.1 Å². The molecule has 1 saturated heterocycles. The number of benzene rings is 2. The van der Waals surface area contributed by atoms with Crippen molar-refractivity contribution in [2.45, 2.75) is 19.8 Å². The molecule has 0 spiro atoms. The average Bonchev–Trinajstić information content (AvgIpc) is 3.29. The van der Waals surface area contributed by atoms with Crippen LogP contribution in [0.2, 0.25) is 0 Å². The molecule has 2 N–H and O–H groups in total. The Bertz CT molecular complexity index is 1090. The molecule has 31 heavy (non-hydrogen) atoms. The molecule has 0 unspecified atom stereocenters. The van der Waals surface area contributed by atoms with Gasteiger partial charge < -0.3 is 15.5 Å². The molecule has 158 valence electrons. The third-order valence-electron chi connectivity index (χ3n) is 5.00. The number of nitrogens with one attached hydrogen (secondary N) is 2. The maximum absolute atomic E-state index is 13.6. The van der Waals surface area contributed by atoms with Crippen LogP contribution in [-0.4, -0.2) is 29.0 Å². The number of carbonyl (C=O) groups excluding carboxylic acids is 1. The summed E-state index contributed by atoms with van der Waals surface area (Å²) in [4.78, 5) is 23.5. The molecule has 1 aromatic heterocycles. The summed E-state index contributed by atoms with van der Waals surface area (Å²) in [6.45, 7) is 4.01. The summed E-state index contributed by atoms with van der Waals surface area (Å²) in [6.07, 6.45) is 5.14. The van der Waals surface area contributed by atoms with E-state index in [0.29, 0.717) is 17.2 Å². The van der Waals surface area contributed by atoms with Gasteiger partial charge in [-0.25, -0.2) is 9.37 Å². The lowest BCUT2D eigenvalue weighted by Gasteiger charge is -2.17. The Morgan fingerprint density at radius 1 is 1.03 bits per heavy atom. The van der Waals surface area contributed by atoms with E-state index in [1.165, 1.54) is 31.1 Å². The first kappa shape index (κ1) is 20.5. The SMILES string of the molecule is Cc1cc(N2CCCC2)nc(Nc2ccc(NC(=O)/C=C/c3ccccc3F)cc2)n1. The zero-order valence-corrected chi connectivity index (χ0v) is 17.3. The van der Waals surface area contributed by atoms with Crippen molar-refractivity contribution in [3.63, 3.8) is 0 Å². The van der Waals surface area contributed by atoms with Gasteiger partial charge >= 0.3 is 0 Å². The molecule has 0 atom stereocenters. The molecule has 0 aliphatic carbocycles. The maximum Gasteiger partial charge on any atom is 0.248 e. The maximum atomic E-state index is 13.6. The minimum absolute atomic E-state index is 0.332. The van der Waals surface area contributed by atoms with E-state index in [4.69, 9.17) is 0 Å². The van der Waals surface area contributed by atoms with Crippen LogP contribution >= 0.6 is 0 Å². The number of amides is 1. The van der Waals surface area contributed by atoms with Gasteiger partial charge in [0.25, 0.3) is 0 Å². The van der Waals surface area contributed by atoms with Gasteiger partial charge in [0.1, 0.15) is 11.6 Å². The van der Waals surface area contributed by atoms with Crippen molar-refractivity contribution in [2.75, 3.05) is 28.6 Å².